The van der Waals surface area contributed by atoms with Crippen molar-refractivity contribution in [2.24, 2.45) is 0 Å². The van der Waals surface area contributed by atoms with Crippen molar-refractivity contribution in [3.63, 3.8) is 0 Å². The van der Waals surface area contributed by atoms with Gasteiger partial charge in [-0.25, -0.2) is 0 Å². The SMILES string of the molecule is O=C1N[C@H](c2cccc([C@H]3NC(=O)[C@@H]4CCCN34)c2)N2CCC[C@@H]12. The van der Waals surface area contributed by atoms with Gasteiger partial charge in [-0.1, -0.05) is 18.2 Å². The van der Waals surface area contributed by atoms with Crippen LogP contribution in [0.25, 0.3) is 0 Å². The molecule has 0 aromatic heterocycles. The number of carbonyl (C=O) groups is 2. The smallest absolute Gasteiger partial charge is 0.238 e. The number of hydrogen-bond donors (Lipinski definition) is 2. The Morgan fingerprint density at radius 3 is 1.83 bits per heavy atom. The lowest BCUT2D eigenvalue weighted by molar-refractivity contribution is -0.121. The summed E-state index contributed by atoms with van der Waals surface area (Å²) in [6.07, 6.45) is 4.02. The molecule has 1 aromatic rings. The van der Waals surface area contributed by atoms with E-state index in [1.807, 2.05) is 6.07 Å². The van der Waals surface area contributed by atoms with Crippen LogP contribution >= 0.6 is 0 Å². The highest BCUT2D eigenvalue weighted by Gasteiger charge is 2.45. The van der Waals surface area contributed by atoms with Gasteiger partial charge in [-0.2, -0.15) is 0 Å². The molecule has 24 heavy (non-hydrogen) atoms. The first-order valence-corrected chi connectivity index (χ1v) is 8.94. The zero-order valence-corrected chi connectivity index (χ0v) is 13.6. The van der Waals surface area contributed by atoms with Crippen molar-refractivity contribution in [2.45, 2.75) is 50.1 Å². The van der Waals surface area contributed by atoms with Gasteiger partial charge in [0.2, 0.25) is 11.8 Å². The molecule has 0 spiro atoms. The molecule has 6 heteroatoms. The number of amides is 2. The van der Waals surface area contributed by atoms with Crippen molar-refractivity contribution in [2.75, 3.05) is 13.1 Å². The summed E-state index contributed by atoms with van der Waals surface area (Å²) in [6, 6.07) is 8.41. The summed E-state index contributed by atoms with van der Waals surface area (Å²) in [5.41, 5.74) is 2.23. The van der Waals surface area contributed by atoms with E-state index in [1.165, 1.54) is 0 Å². The summed E-state index contributed by atoms with van der Waals surface area (Å²) < 4.78 is 0. The van der Waals surface area contributed by atoms with E-state index in [0.29, 0.717) is 0 Å². The number of carbonyl (C=O) groups excluding carboxylic acids is 2. The Kier molecular flexibility index (Phi) is 3.18. The summed E-state index contributed by atoms with van der Waals surface area (Å²) in [7, 11) is 0. The van der Waals surface area contributed by atoms with Gasteiger partial charge >= 0.3 is 0 Å². The minimum atomic E-state index is -0.0311. The van der Waals surface area contributed by atoms with Crippen LogP contribution in [0.2, 0.25) is 0 Å². The van der Waals surface area contributed by atoms with Gasteiger partial charge < -0.3 is 10.6 Å². The molecule has 4 aliphatic heterocycles. The lowest BCUT2D eigenvalue weighted by atomic mass is 10.1. The Morgan fingerprint density at radius 1 is 0.833 bits per heavy atom. The fraction of sp³-hybridized carbons (Fsp3) is 0.556. The topological polar surface area (TPSA) is 64.7 Å². The number of fused-ring (bicyclic) bond motifs is 2. The third-order valence-electron chi connectivity index (χ3n) is 5.96. The summed E-state index contributed by atoms with van der Waals surface area (Å²) >= 11 is 0. The molecule has 0 unspecified atom stereocenters. The third-order valence-corrected chi connectivity index (χ3v) is 5.96. The molecule has 0 radical (unpaired) electrons. The quantitative estimate of drug-likeness (QED) is 0.847. The fourth-order valence-electron chi connectivity index (χ4n) is 4.84. The van der Waals surface area contributed by atoms with Crippen LogP contribution in [0.4, 0.5) is 0 Å². The van der Waals surface area contributed by atoms with E-state index in [1.54, 1.807) is 0 Å². The molecule has 4 heterocycles. The maximum absolute atomic E-state index is 12.2. The molecule has 4 aliphatic rings. The van der Waals surface area contributed by atoms with Crippen molar-refractivity contribution in [3.05, 3.63) is 35.4 Å². The average molecular weight is 326 g/mol. The van der Waals surface area contributed by atoms with Crippen molar-refractivity contribution in [1.29, 1.82) is 0 Å². The zero-order valence-electron chi connectivity index (χ0n) is 13.6. The molecule has 4 saturated heterocycles. The van der Waals surface area contributed by atoms with E-state index >= 15 is 0 Å². The highest BCUT2D eigenvalue weighted by Crippen LogP contribution is 2.36. The lowest BCUT2D eigenvalue weighted by Crippen LogP contribution is -2.30. The first-order chi connectivity index (χ1) is 11.7. The summed E-state index contributed by atoms with van der Waals surface area (Å²) in [4.78, 5) is 28.9. The number of nitrogens with zero attached hydrogens (tertiary/aromatic N) is 2. The predicted octanol–water partition coefficient (Wildman–Crippen LogP) is 0.872. The second-order valence-electron chi connectivity index (χ2n) is 7.28. The Balaban J connectivity index is 1.45. The molecule has 126 valence electrons. The van der Waals surface area contributed by atoms with E-state index in [0.717, 1.165) is 49.9 Å². The molecular weight excluding hydrogens is 304 g/mol. The van der Waals surface area contributed by atoms with Crippen molar-refractivity contribution in [3.8, 4) is 0 Å². The number of benzene rings is 1. The Labute approximate surface area is 141 Å². The molecule has 4 atom stereocenters. The molecule has 2 amide bonds. The van der Waals surface area contributed by atoms with Crippen LogP contribution in [0.5, 0.6) is 0 Å². The van der Waals surface area contributed by atoms with Gasteiger partial charge in [0.05, 0.1) is 12.1 Å². The summed E-state index contributed by atoms with van der Waals surface area (Å²) in [6.45, 7) is 1.93. The summed E-state index contributed by atoms with van der Waals surface area (Å²) in [5.74, 6) is 0.299. The van der Waals surface area contributed by atoms with Gasteiger partial charge in [0.15, 0.2) is 0 Å². The van der Waals surface area contributed by atoms with Crippen LogP contribution in [0.1, 0.15) is 49.1 Å². The minimum absolute atomic E-state index is 0.0311. The van der Waals surface area contributed by atoms with Crippen LogP contribution in [-0.2, 0) is 9.59 Å². The molecular formula is C18H22N4O2. The van der Waals surface area contributed by atoms with Crippen molar-refractivity contribution < 1.29 is 9.59 Å². The van der Waals surface area contributed by atoms with Crippen molar-refractivity contribution >= 4 is 11.8 Å². The predicted molar refractivity (Wildman–Crippen MR) is 87.7 cm³/mol. The normalized spacial score (nSPS) is 35.8. The molecule has 6 nitrogen and oxygen atoms in total. The number of rotatable bonds is 2. The monoisotopic (exact) mass is 326 g/mol. The second kappa shape index (κ2) is 5.29. The highest BCUT2D eigenvalue weighted by atomic mass is 16.2. The van der Waals surface area contributed by atoms with E-state index in [2.05, 4.69) is 38.6 Å². The molecule has 2 N–H and O–H groups in total. The standard InChI is InChI=1S/C18H22N4O2/c23-17-13-6-2-8-21(13)15(19-17)11-4-1-5-12(10-11)16-20-18(24)14-7-3-9-22(14)16/h1,4-5,10,13-16H,2-3,6-9H2,(H,19,23)(H,20,24)/t13-,14-,15-,16-/m0/s1. The Hall–Kier alpha value is -1.92. The average Bonchev–Trinajstić information content (AvgIpc) is 3.33. The van der Waals surface area contributed by atoms with Crippen LogP contribution in [0.3, 0.4) is 0 Å². The van der Waals surface area contributed by atoms with Crippen LogP contribution in [0.15, 0.2) is 24.3 Å². The maximum atomic E-state index is 12.2. The van der Waals surface area contributed by atoms with Gasteiger partial charge in [-0.15, -0.1) is 0 Å². The second-order valence-corrected chi connectivity index (χ2v) is 7.28. The fourth-order valence-corrected chi connectivity index (χ4v) is 4.84. The first-order valence-electron chi connectivity index (χ1n) is 8.94. The van der Waals surface area contributed by atoms with Crippen LogP contribution in [0, 0.1) is 0 Å². The summed E-state index contributed by atoms with van der Waals surface area (Å²) in [5, 5.41) is 6.26. The van der Waals surface area contributed by atoms with E-state index in [-0.39, 0.29) is 36.2 Å². The molecule has 1 aromatic carbocycles. The van der Waals surface area contributed by atoms with Crippen LogP contribution < -0.4 is 10.6 Å². The molecule has 0 saturated carbocycles. The Bertz CT molecular complexity index is 651. The lowest BCUT2D eigenvalue weighted by Gasteiger charge is -2.25. The van der Waals surface area contributed by atoms with E-state index < -0.39 is 0 Å². The van der Waals surface area contributed by atoms with Crippen LogP contribution in [-0.4, -0.2) is 46.8 Å². The molecule has 0 bridgehead atoms. The van der Waals surface area contributed by atoms with Gasteiger partial charge in [0, 0.05) is 13.1 Å². The van der Waals surface area contributed by atoms with Gasteiger partial charge in [-0.05, 0) is 42.9 Å². The molecule has 5 rings (SSSR count). The molecule has 0 aliphatic carbocycles. The molecule has 4 fully saturated rings. The van der Waals surface area contributed by atoms with E-state index in [9.17, 15) is 9.59 Å². The first kappa shape index (κ1) is 14.4. The van der Waals surface area contributed by atoms with Gasteiger partial charge in [0.25, 0.3) is 0 Å². The number of nitrogens with one attached hydrogen (secondary N) is 2. The minimum Gasteiger partial charge on any atom is -0.335 e. The Morgan fingerprint density at radius 2 is 1.33 bits per heavy atom. The van der Waals surface area contributed by atoms with Gasteiger partial charge in [-0.3, -0.25) is 19.4 Å². The van der Waals surface area contributed by atoms with E-state index in [4.69, 9.17) is 0 Å². The largest absolute Gasteiger partial charge is 0.335 e. The number of hydrogen-bond acceptors (Lipinski definition) is 4. The maximum Gasteiger partial charge on any atom is 0.238 e. The highest BCUT2D eigenvalue weighted by molar-refractivity contribution is 5.85. The third kappa shape index (κ3) is 2.03. The zero-order chi connectivity index (χ0) is 16.3. The van der Waals surface area contributed by atoms with Gasteiger partial charge in [0.1, 0.15) is 12.3 Å². The van der Waals surface area contributed by atoms with Crippen molar-refractivity contribution in [1.82, 2.24) is 20.4 Å².